The van der Waals surface area contributed by atoms with Gasteiger partial charge in [-0.15, -0.1) is 0 Å². The number of benzene rings is 1. The van der Waals surface area contributed by atoms with E-state index >= 15 is 0 Å². The lowest BCUT2D eigenvalue weighted by Gasteiger charge is -2.36. The Kier molecular flexibility index (Phi) is 4.87. The Morgan fingerprint density at radius 1 is 1.14 bits per heavy atom. The molecule has 152 valence electrons. The summed E-state index contributed by atoms with van der Waals surface area (Å²) in [5.74, 6) is 2.07. The molecule has 0 spiro atoms. The summed E-state index contributed by atoms with van der Waals surface area (Å²) in [7, 11) is 0. The maximum absolute atomic E-state index is 11.9. The van der Waals surface area contributed by atoms with E-state index in [1.807, 2.05) is 17.0 Å². The molecule has 3 fully saturated rings. The molecule has 3 saturated heterocycles. The highest BCUT2D eigenvalue weighted by Gasteiger charge is 2.35. The van der Waals surface area contributed by atoms with E-state index in [1.54, 1.807) is 13.1 Å². The van der Waals surface area contributed by atoms with Gasteiger partial charge in [-0.2, -0.15) is 0 Å². The van der Waals surface area contributed by atoms with Gasteiger partial charge in [0.15, 0.2) is 11.9 Å². The number of pyridine rings is 1. The van der Waals surface area contributed by atoms with Crippen molar-refractivity contribution in [3.05, 3.63) is 53.7 Å². The van der Waals surface area contributed by atoms with Crippen LogP contribution in [0.2, 0.25) is 0 Å². The highest BCUT2D eigenvalue weighted by Crippen LogP contribution is 2.34. The van der Waals surface area contributed by atoms with Crippen molar-refractivity contribution in [2.45, 2.75) is 38.5 Å². The first-order valence-corrected chi connectivity index (χ1v) is 10.5. The number of carbonyl (C=O) groups excluding carboxylic acids is 1. The van der Waals surface area contributed by atoms with Crippen LogP contribution in [0.1, 0.15) is 37.0 Å². The zero-order chi connectivity index (χ0) is 19.8. The molecule has 4 aliphatic rings. The molecule has 2 aromatic rings. The Labute approximate surface area is 171 Å². The minimum Gasteiger partial charge on any atom is -0.484 e. The number of nitrogens with zero attached hydrogens (tertiary/aromatic N) is 3. The van der Waals surface area contributed by atoms with Crippen LogP contribution in [0.5, 0.6) is 11.6 Å². The molecule has 0 radical (unpaired) electrons. The molecule has 6 nitrogen and oxygen atoms in total. The number of ether oxygens (including phenoxy) is 2. The van der Waals surface area contributed by atoms with E-state index in [0.29, 0.717) is 30.2 Å². The molecule has 4 aliphatic heterocycles. The van der Waals surface area contributed by atoms with Crippen LogP contribution in [0.4, 0.5) is 0 Å². The minimum atomic E-state index is -0.134. The van der Waals surface area contributed by atoms with Crippen molar-refractivity contribution in [2.24, 2.45) is 5.92 Å². The van der Waals surface area contributed by atoms with Crippen molar-refractivity contribution >= 4 is 5.91 Å². The van der Waals surface area contributed by atoms with Crippen LogP contribution >= 0.6 is 0 Å². The third-order valence-corrected chi connectivity index (χ3v) is 6.39. The van der Waals surface area contributed by atoms with Crippen molar-refractivity contribution in [1.29, 1.82) is 0 Å². The topological polar surface area (TPSA) is 54.9 Å². The zero-order valence-electron chi connectivity index (χ0n) is 16.8. The Bertz CT molecular complexity index is 885. The Balaban J connectivity index is 1.25. The molecule has 29 heavy (non-hydrogen) atoms. The molecule has 0 aliphatic carbocycles. The number of hydrogen-bond donors (Lipinski definition) is 0. The zero-order valence-corrected chi connectivity index (χ0v) is 16.8. The van der Waals surface area contributed by atoms with Gasteiger partial charge in [-0.3, -0.25) is 9.69 Å². The lowest BCUT2D eigenvalue weighted by atomic mass is 9.94. The fourth-order valence-electron chi connectivity index (χ4n) is 4.77. The van der Waals surface area contributed by atoms with Crippen molar-refractivity contribution in [3.8, 4) is 11.6 Å². The molecule has 6 heteroatoms. The predicted molar refractivity (Wildman–Crippen MR) is 109 cm³/mol. The quantitative estimate of drug-likeness (QED) is 0.802. The molecule has 2 unspecified atom stereocenters. The fraction of sp³-hybridized carbons (Fsp3) is 0.478. The molecule has 0 saturated carbocycles. The summed E-state index contributed by atoms with van der Waals surface area (Å²) in [5, 5.41) is 0. The van der Waals surface area contributed by atoms with Crippen molar-refractivity contribution in [2.75, 3.05) is 26.2 Å². The van der Waals surface area contributed by atoms with Crippen LogP contribution in [0.25, 0.3) is 0 Å². The highest BCUT2D eigenvalue weighted by atomic mass is 16.6. The van der Waals surface area contributed by atoms with Gasteiger partial charge in [-0.05, 0) is 42.0 Å². The molecule has 1 amide bonds. The van der Waals surface area contributed by atoms with Gasteiger partial charge in [0.1, 0.15) is 6.61 Å². The van der Waals surface area contributed by atoms with Crippen LogP contribution in [-0.2, 0) is 11.3 Å². The first-order chi connectivity index (χ1) is 14.2. The number of aromatic nitrogens is 1. The van der Waals surface area contributed by atoms with Gasteiger partial charge in [-0.1, -0.05) is 24.3 Å². The maximum atomic E-state index is 11.9. The van der Waals surface area contributed by atoms with Gasteiger partial charge >= 0.3 is 0 Å². The second-order valence-corrected chi connectivity index (χ2v) is 8.42. The Hall–Kier alpha value is -2.60. The smallest absolute Gasteiger partial charge is 0.257 e. The van der Waals surface area contributed by atoms with Crippen LogP contribution in [0.3, 0.4) is 0 Å². The van der Waals surface area contributed by atoms with Crippen molar-refractivity contribution in [1.82, 2.24) is 14.8 Å². The van der Waals surface area contributed by atoms with E-state index in [2.05, 4.69) is 34.1 Å². The maximum Gasteiger partial charge on any atom is 0.257 e. The number of fused-ring (bicyclic) bond motifs is 5. The summed E-state index contributed by atoms with van der Waals surface area (Å²) in [6.45, 7) is 5.98. The number of carbonyl (C=O) groups is 1. The lowest BCUT2D eigenvalue weighted by Crippen LogP contribution is -2.43. The molecular weight excluding hydrogens is 366 g/mol. The van der Waals surface area contributed by atoms with E-state index in [9.17, 15) is 4.79 Å². The van der Waals surface area contributed by atoms with Gasteiger partial charge in [0, 0.05) is 45.3 Å². The van der Waals surface area contributed by atoms with Crippen LogP contribution < -0.4 is 9.47 Å². The summed E-state index contributed by atoms with van der Waals surface area (Å²) in [6.07, 6.45) is 4.00. The number of amides is 1. The molecular formula is C23H27N3O3. The van der Waals surface area contributed by atoms with E-state index in [1.165, 1.54) is 18.4 Å². The largest absolute Gasteiger partial charge is 0.484 e. The first kappa shape index (κ1) is 18.4. The second-order valence-electron chi connectivity index (χ2n) is 8.42. The average molecular weight is 393 g/mol. The normalized spacial score (nSPS) is 26.2. The van der Waals surface area contributed by atoms with Gasteiger partial charge < -0.3 is 14.4 Å². The minimum absolute atomic E-state index is 0.134. The second kappa shape index (κ2) is 7.67. The third kappa shape index (κ3) is 3.81. The third-order valence-electron chi connectivity index (χ3n) is 6.39. The molecule has 0 N–H and O–H groups in total. The Morgan fingerprint density at radius 2 is 2.00 bits per heavy atom. The fourth-order valence-corrected chi connectivity index (χ4v) is 4.77. The molecule has 2 bridgehead atoms. The van der Waals surface area contributed by atoms with E-state index in [4.69, 9.17) is 9.47 Å². The molecule has 1 aromatic heterocycles. The summed E-state index contributed by atoms with van der Waals surface area (Å²) < 4.78 is 11.8. The summed E-state index contributed by atoms with van der Waals surface area (Å²) in [6, 6.07) is 12.8. The van der Waals surface area contributed by atoms with Gasteiger partial charge in [0.2, 0.25) is 5.91 Å². The van der Waals surface area contributed by atoms with E-state index in [-0.39, 0.29) is 12.0 Å². The van der Waals surface area contributed by atoms with E-state index in [0.717, 1.165) is 31.7 Å². The van der Waals surface area contributed by atoms with Crippen LogP contribution in [0, 0.1) is 5.92 Å². The lowest BCUT2D eigenvalue weighted by molar-refractivity contribution is -0.129. The SMILES string of the molecule is CC(=O)N1CC2CCC(C1)N(Cc1ccc([C@H]3COc4cccnc4O3)cc1)C2. The predicted octanol–water partition coefficient (Wildman–Crippen LogP) is 3.04. The van der Waals surface area contributed by atoms with Crippen LogP contribution in [0.15, 0.2) is 42.6 Å². The van der Waals surface area contributed by atoms with Crippen molar-refractivity contribution in [3.63, 3.8) is 0 Å². The molecule has 6 rings (SSSR count). The Morgan fingerprint density at radius 3 is 2.83 bits per heavy atom. The van der Waals surface area contributed by atoms with Gasteiger partial charge in [-0.25, -0.2) is 4.98 Å². The van der Waals surface area contributed by atoms with Crippen molar-refractivity contribution < 1.29 is 14.3 Å². The summed E-state index contributed by atoms with van der Waals surface area (Å²) >= 11 is 0. The standard InChI is InChI=1S/C23H27N3O3/c1-16(27)25-12-18-6-9-20(14-25)26(13-18)11-17-4-7-19(8-5-17)22-15-28-21-3-2-10-24-23(21)29-22/h2-5,7-8,10,18,20,22H,6,9,11-15H2,1H3/t18?,20?,22-/m1/s1. The first-order valence-electron chi connectivity index (χ1n) is 10.5. The number of piperidine rings is 1. The summed E-state index contributed by atoms with van der Waals surface area (Å²) in [4.78, 5) is 20.7. The monoisotopic (exact) mass is 393 g/mol. The number of rotatable bonds is 3. The number of hydrogen-bond acceptors (Lipinski definition) is 5. The van der Waals surface area contributed by atoms with E-state index < -0.39 is 0 Å². The van der Waals surface area contributed by atoms with Gasteiger partial charge in [0.05, 0.1) is 0 Å². The highest BCUT2D eigenvalue weighted by molar-refractivity contribution is 5.73. The van der Waals surface area contributed by atoms with Gasteiger partial charge in [0.25, 0.3) is 5.88 Å². The molecule has 3 atom stereocenters. The average Bonchev–Trinajstić information content (AvgIpc) is 3.06. The van der Waals surface area contributed by atoms with Crippen LogP contribution in [-0.4, -0.2) is 53.0 Å². The molecule has 5 heterocycles. The summed E-state index contributed by atoms with van der Waals surface area (Å²) in [5.41, 5.74) is 2.40. The molecule has 1 aromatic carbocycles.